The number of aromatic hydroxyl groups is 1. The van der Waals surface area contributed by atoms with E-state index >= 15 is 0 Å². The summed E-state index contributed by atoms with van der Waals surface area (Å²) in [4.78, 5) is 0. The topological polar surface area (TPSA) is 66.4 Å². The normalized spacial score (nSPS) is 11.5. The van der Waals surface area contributed by atoms with Gasteiger partial charge in [0.1, 0.15) is 11.4 Å². The summed E-state index contributed by atoms with van der Waals surface area (Å²) in [5, 5.41) is 9.40. The fourth-order valence-electron chi connectivity index (χ4n) is 1.23. The van der Waals surface area contributed by atoms with Gasteiger partial charge in [-0.15, -0.1) is 0 Å². The molecule has 0 aliphatic carbocycles. The molecule has 0 fully saturated rings. The van der Waals surface area contributed by atoms with E-state index in [0.29, 0.717) is 0 Å². The van der Waals surface area contributed by atoms with Gasteiger partial charge in [-0.3, -0.25) is 9.11 Å². The number of halogens is 3. The highest BCUT2D eigenvalue weighted by molar-refractivity contribution is 9.10. The molecule has 1 aromatic carbocycles. The van der Waals surface area contributed by atoms with E-state index in [1.807, 2.05) is 4.72 Å². The molecule has 0 aliphatic heterocycles. The number of hydrogen-bond acceptors (Lipinski definition) is 3. The van der Waals surface area contributed by atoms with Crippen LogP contribution in [0.25, 0.3) is 0 Å². The van der Waals surface area contributed by atoms with Crippen LogP contribution in [0.3, 0.4) is 0 Å². The van der Waals surface area contributed by atoms with Gasteiger partial charge in [0.05, 0.1) is 16.9 Å². The Balaban J connectivity index is 2.87. The van der Waals surface area contributed by atoms with Crippen LogP contribution in [0.4, 0.5) is 14.5 Å². The number of phenolic OH excluding ortho intramolecular Hbond substituents is 1. The Kier molecular flexibility index (Phi) is 5.33. The smallest absolute Gasteiger partial charge is 0.232 e. The molecule has 0 saturated carbocycles. The number of unbranched alkanes of at least 4 members (excludes halogenated alkanes) is 1. The van der Waals surface area contributed by atoms with E-state index in [0.717, 1.165) is 6.07 Å². The van der Waals surface area contributed by atoms with Gasteiger partial charge < -0.3 is 5.11 Å². The maximum atomic E-state index is 13.6. The van der Waals surface area contributed by atoms with Crippen molar-refractivity contribution in [2.75, 3.05) is 17.1 Å². The van der Waals surface area contributed by atoms with Crippen LogP contribution in [0.1, 0.15) is 12.8 Å². The lowest BCUT2D eigenvalue weighted by atomic mass is 10.3. The molecule has 0 atom stereocenters. The summed E-state index contributed by atoms with van der Waals surface area (Å²) >= 11 is 2.88. The summed E-state index contributed by atoms with van der Waals surface area (Å²) in [5.41, 5.74) is -0.510. The van der Waals surface area contributed by atoms with Gasteiger partial charge in [0, 0.05) is 0 Å². The van der Waals surface area contributed by atoms with Crippen LogP contribution in [0.2, 0.25) is 0 Å². The highest BCUT2D eigenvalue weighted by Gasteiger charge is 2.18. The fourth-order valence-corrected chi connectivity index (χ4v) is 2.75. The molecule has 0 radical (unpaired) electrons. The molecule has 0 amide bonds. The summed E-state index contributed by atoms with van der Waals surface area (Å²) < 4.78 is 50.5. The molecule has 8 heteroatoms. The third kappa shape index (κ3) is 4.09. The largest absolute Gasteiger partial charge is 0.506 e. The molecule has 1 aromatic rings. The highest BCUT2D eigenvalue weighted by atomic mass is 79.9. The number of sulfonamides is 1. The number of phenols is 1. The minimum Gasteiger partial charge on any atom is -0.506 e. The van der Waals surface area contributed by atoms with Crippen molar-refractivity contribution < 1.29 is 22.3 Å². The van der Waals surface area contributed by atoms with Crippen molar-refractivity contribution in [3.8, 4) is 5.75 Å². The van der Waals surface area contributed by atoms with Crippen molar-refractivity contribution in [2.24, 2.45) is 0 Å². The molecule has 0 unspecified atom stereocenters. The van der Waals surface area contributed by atoms with Crippen molar-refractivity contribution in [3.05, 3.63) is 22.4 Å². The van der Waals surface area contributed by atoms with Crippen LogP contribution in [-0.4, -0.2) is 26.0 Å². The fraction of sp³-hybridized carbons (Fsp3) is 0.400. The molecule has 0 spiro atoms. The van der Waals surface area contributed by atoms with Gasteiger partial charge >= 0.3 is 0 Å². The number of nitrogens with one attached hydrogen (secondary N) is 1. The lowest BCUT2D eigenvalue weighted by molar-refractivity contribution is 0.467. The zero-order valence-corrected chi connectivity index (χ0v) is 11.7. The van der Waals surface area contributed by atoms with E-state index in [-0.39, 0.29) is 23.1 Å². The number of hydrogen-bond donors (Lipinski definition) is 2. The van der Waals surface area contributed by atoms with Gasteiger partial charge in [0.15, 0.2) is 5.82 Å². The van der Waals surface area contributed by atoms with Crippen molar-refractivity contribution in [2.45, 2.75) is 12.8 Å². The molecule has 0 saturated heterocycles. The third-order valence-electron chi connectivity index (χ3n) is 2.13. The average Bonchev–Trinajstić information content (AvgIpc) is 2.30. The second-order valence-corrected chi connectivity index (χ2v) is 6.27. The Hall–Kier alpha value is -0.890. The quantitative estimate of drug-likeness (QED) is 0.616. The van der Waals surface area contributed by atoms with Crippen LogP contribution in [0, 0.1) is 5.82 Å². The van der Waals surface area contributed by atoms with Crippen LogP contribution in [-0.2, 0) is 10.0 Å². The summed E-state index contributed by atoms with van der Waals surface area (Å²) in [6.45, 7) is -0.605. The highest BCUT2D eigenvalue weighted by Crippen LogP contribution is 2.32. The standard InChI is InChI=1S/C10H12BrF2NO3S/c11-7-3-4-8(15)10(9(7)13)14-18(16,17)6-2-1-5-12/h3-4,14-15H,1-2,5-6H2. The number of alkyl halides is 1. The zero-order valence-electron chi connectivity index (χ0n) is 9.29. The van der Waals surface area contributed by atoms with Crippen molar-refractivity contribution in [1.29, 1.82) is 0 Å². The van der Waals surface area contributed by atoms with Crippen LogP contribution >= 0.6 is 15.9 Å². The Morgan fingerprint density at radius 1 is 1.33 bits per heavy atom. The second kappa shape index (κ2) is 6.33. The van der Waals surface area contributed by atoms with Gasteiger partial charge in [-0.1, -0.05) is 0 Å². The van der Waals surface area contributed by atoms with E-state index in [2.05, 4.69) is 15.9 Å². The van der Waals surface area contributed by atoms with E-state index < -0.39 is 34.0 Å². The molecule has 2 N–H and O–H groups in total. The SMILES string of the molecule is O=S(=O)(CCCCF)Nc1c(O)ccc(Br)c1F. The van der Waals surface area contributed by atoms with Crippen LogP contribution in [0.15, 0.2) is 16.6 Å². The van der Waals surface area contributed by atoms with E-state index in [1.165, 1.54) is 6.07 Å². The molecule has 1 rings (SSSR count). The van der Waals surface area contributed by atoms with Crippen LogP contribution < -0.4 is 4.72 Å². The van der Waals surface area contributed by atoms with Crippen molar-refractivity contribution >= 4 is 31.6 Å². The molecule has 18 heavy (non-hydrogen) atoms. The minimum absolute atomic E-state index is 0.0294. The number of anilines is 1. The Morgan fingerprint density at radius 2 is 2.00 bits per heavy atom. The average molecular weight is 344 g/mol. The molecule has 0 aromatic heterocycles. The molecule has 0 bridgehead atoms. The molecule has 4 nitrogen and oxygen atoms in total. The first-order chi connectivity index (χ1) is 8.37. The maximum absolute atomic E-state index is 13.6. The predicted molar refractivity (Wildman–Crippen MR) is 68.4 cm³/mol. The summed E-state index contributed by atoms with van der Waals surface area (Å²) in [5.74, 6) is -1.74. The Bertz CT molecular complexity index is 522. The molecular weight excluding hydrogens is 332 g/mol. The first-order valence-electron chi connectivity index (χ1n) is 5.11. The van der Waals surface area contributed by atoms with Gasteiger partial charge in [0.2, 0.25) is 10.0 Å². The summed E-state index contributed by atoms with van der Waals surface area (Å²) in [6, 6.07) is 2.41. The number of benzene rings is 1. The molecule has 0 aliphatic rings. The van der Waals surface area contributed by atoms with E-state index in [1.54, 1.807) is 0 Å². The maximum Gasteiger partial charge on any atom is 0.232 e. The van der Waals surface area contributed by atoms with Gasteiger partial charge in [-0.2, -0.15) is 0 Å². The second-order valence-electron chi connectivity index (χ2n) is 3.57. The third-order valence-corrected chi connectivity index (χ3v) is 4.08. The van der Waals surface area contributed by atoms with Gasteiger partial charge in [0.25, 0.3) is 0 Å². The predicted octanol–water partition coefficient (Wildman–Crippen LogP) is 2.79. The van der Waals surface area contributed by atoms with Crippen molar-refractivity contribution in [1.82, 2.24) is 0 Å². The zero-order chi connectivity index (χ0) is 13.8. The molecule has 102 valence electrons. The minimum atomic E-state index is -3.81. The van der Waals surface area contributed by atoms with Crippen LogP contribution in [0.5, 0.6) is 5.75 Å². The first-order valence-corrected chi connectivity index (χ1v) is 7.55. The Labute approximate surface area is 112 Å². The Morgan fingerprint density at radius 3 is 2.61 bits per heavy atom. The van der Waals surface area contributed by atoms with Gasteiger partial charge in [-0.25, -0.2) is 12.8 Å². The summed E-state index contributed by atoms with van der Waals surface area (Å²) in [7, 11) is -3.81. The first kappa shape index (κ1) is 15.2. The molecular formula is C10H12BrF2NO3S. The number of rotatable bonds is 6. The lowest BCUT2D eigenvalue weighted by Crippen LogP contribution is -2.17. The van der Waals surface area contributed by atoms with E-state index in [4.69, 9.17) is 0 Å². The monoisotopic (exact) mass is 343 g/mol. The lowest BCUT2D eigenvalue weighted by Gasteiger charge is -2.11. The summed E-state index contributed by atoms with van der Waals surface area (Å²) in [6.07, 6.45) is 0.246. The van der Waals surface area contributed by atoms with Crippen molar-refractivity contribution in [3.63, 3.8) is 0 Å². The van der Waals surface area contributed by atoms with E-state index in [9.17, 15) is 22.3 Å². The van der Waals surface area contributed by atoms with Gasteiger partial charge in [-0.05, 0) is 40.9 Å². The molecule has 0 heterocycles.